The molecule has 0 aliphatic heterocycles. The summed E-state index contributed by atoms with van der Waals surface area (Å²) in [6, 6.07) is 14.7. The summed E-state index contributed by atoms with van der Waals surface area (Å²) in [7, 11) is -3.95. The number of carbonyl (C=O) groups is 1. The van der Waals surface area contributed by atoms with Gasteiger partial charge in [0.15, 0.2) is 0 Å². The van der Waals surface area contributed by atoms with Crippen molar-refractivity contribution in [2.24, 2.45) is 0 Å². The minimum Gasteiger partial charge on any atom is -0.481 e. The van der Waals surface area contributed by atoms with Crippen molar-refractivity contribution in [1.82, 2.24) is 0 Å². The third-order valence-corrected chi connectivity index (χ3v) is 6.20. The monoisotopic (exact) mass is 434 g/mol. The van der Waals surface area contributed by atoms with Gasteiger partial charge in [-0.05, 0) is 65.6 Å². The Hall–Kier alpha value is -3.13. The molecule has 1 N–H and O–H groups in total. The van der Waals surface area contributed by atoms with Crippen LogP contribution in [0, 0.1) is 6.92 Å². The van der Waals surface area contributed by atoms with E-state index in [1.807, 2.05) is 0 Å². The number of alkyl halides is 3. The first-order valence-electron chi connectivity index (χ1n) is 8.82. The summed E-state index contributed by atoms with van der Waals surface area (Å²) in [5.74, 6) is -1.08. The highest BCUT2D eigenvalue weighted by Gasteiger charge is 2.30. The average Bonchev–Trinajstić information content (AvgIpc) is 2.66. The quantitative estimate of drug-likeness (QED) is 0.604. The Morgan fingerprint density at radius 2 is 1.57 bits per heavy atom. The third-order valence-electron chi connectivity index (χ3n) is 4.47. The van der Waals surface area contributed by atoms with Crippen LogP contribution in [0.15, 0.2) is 76.5 Å². The largest absolute Gasteiger partial charge is 0.481 e. The predicted molar refractivity (Wildman–Crippen MR) is 105 cm³/mol. The molecule has 4 nitrogen and oxygen atoms in total. The van der Waals surface area contributed by atoms with Crippen LogP contribution in [-0.2, 0) is 27.2 Å². The van der Waals surface area contributed by atoms with E-state index in [0.717, 1.165) is 12.1 Å². The maximum absolute atomic E-state index is 13.1. The highest BCUT2D eigenvalue weighted by atomic mass is 32.2. The minimum atomic E-state index is -4.46. The van der Waals surface area contributed by atoms with Gasteiger partial charge in [0, 0.05) is 0 Å². The molecular weight excluding hydrogens is 417 g/mol. The molecule has 30 heavy (non-hydrogen) atoms. The Morgan fingerprint density at radius 1 is 0.900 bits per heavy atom. The molecule has 3 aromatic carbocycles. The van der Waals surface area contributed by atoms with Gasteiger partial charge in [0.1, 0.15) is 0 Å². The van der Waals surface area contributed by atoms with Crippen LogP contribution in [0.4, 0.5) is 13.2 Å². The molecule has 0 amide bonds. The number of halogens is 3. The summed E-state index contributed by atoms with van der Waals surface area (Å²) >= 11 is 0. The molecule has 0 saturated carbocycles. The fraction of sp³-hybridized carbons (Fsp3) is 0.136. The molecule has 0 heterocycles. The lowest BCUT2D eigenvalue weighted by molar-refractivity contribution is -0.138. The maximum Gasteiger partial charge on any atom is 0.416 e. The number of hydrogen-bond acceptors (Lipinski definition) is 3. The molecule has 0 radical (unpaired) electrons. The van der Waals surface area contributed by atoms with E-state index in [0.29, 0.717) is 22.3 Å². The molecule has 0 fully saturated rings. The molecule has 0 atom stereocenters. The summed E-state index contributed by atoms with van der Waals surface area (Å²) in [5.41, 5.74) is 1.06. The average molecular weight is 434 g/mol. The van der Waals surface area contributed by atoms with E-state index < -0.39 is 27.5 Å². The van der Waals surface area contributed by atoms with Gasteiger partial charge in [-0.2, -0.15) is 13.2 Å². The van der Waals surface area contributed by atoms with E-state index in [-0.39, 0.29) is 16.2 Å². The molecule has 3 rings (SSSR count). The van der Waals surface area contributed by atoms with Crippen molar-refractivity contribution >= 4 is 15.8 Å². The van der Waals surface area contributed by atoms with Gasteiger partial charge >= 0.3 is 12.1 Å². The minimum absolute atomic E-state index is 0.0354. The first-order valence-corrected chi connectivity index (χ1v) is 10.3. The summed E-state index contributed by atoms with van der Waals surface area (Å²) in [6.07, 6.45) is -4.77. The van der Waals surface area contributed by atoms with Crippen LogP contribution >= 0.6 is 0 Å². The lowest BCUT2D eigenvalue weighted by atomic mass is 10.0. The van der Waals surface area contributed by atoms with Crippen molar-refractivity contribution in [2.45, 2.75) is 29.3 Å². The van der Waals surface area contributed by atoms with Crippen molar-refractivity contribution in [3.8, 4) is 11.1 Å². The Labute approximate surface area is 171 Å². The standard InChI is InChI=1S/C22H17F3O4S/c1-14-9-15(12-21(26)27)11-20(10-14)30(28,29)19-4-2-3-17(13-19)16-5-7-18(8-6-16)22(23,24)25/h2-11,13H,12H2,1H3,(H,26,27). The highest BCUT2D eigenvalue weighted by molar-refractivity contribution is 7.91. The van der Waals surface area contributed by atoms with E-state index in [1.54, 1.807) is 19.1 Å². The normalized spacial score (nSPS) is 12.0. The molecule has 0 aromatic heterocycles. The van der Waals surface area contributed by atoms with Gasteiger partial charge in [0.05, 0.1) is 21.8 Å². The second-order valence-corrected chi connectivity index (χ2v) is 8.78. The summed E-state index contributed by atoms with van der Waals surface area (Å²) in [6.45, 7) is 1.67. The molecule has 3 aromatic rings. The van der Waals surface area contributed by atoms with Crippen LogP contribution in [0.25, 0.3) is 11.1 Å². The zero-order chi connectivity index (χ0) is 22.1. The molecule has 0 saturated heterocycles. The number of sulfone groups is 1. The first-order chi connectivity index (χ1) is 14.0. The van der Waals surface area contributed by atoms with Crippen LogP contribution in [0.5, 0.6) is 0 Å². The van der Waals surface area contributed by atoms with Crippen molar-refractivity contribution in [2.75, 3.05) is 0 Å². The Balaban J connectivity index is 2.01. The number of carboxylic acids is 1. The van der Waals surface area contributed by atoms with Gasteiger partial charge in [0.2, 0.25) is 9.84 Å². The van der Waals surface area contributed by atoms with Crippen LogP contribution in [0.1, 0.15) is 16.7 Å². The summed E-state index contributed by atoms with van der Waals surface area (Å²) < 4.78 is 64.5. The maximum atomic E-state index is 13.1. The lowest BCUT2D eigenvalue weighted by Gasteiger charge is -2.11. The lowest BCUT2D eigenvalue weighted by Crippen LogP contribution is -2.06. The molecule has 0 aliphatic carbocycles. The first kappa shape index (κ1) is 21.6. The number of carboxylic acid groups (broad SMARTS) is 1. The number of aliphatic carboxylic acids is 1. The van der Waals surface area contributed by atoms with Crippen LogP contribution in [0.3, 0.4) is 0 Å². The second kappa shape index (κ2) is 7.95. The zero-order valence-corrected chi connectivity index (χ0v) is 16.6. The molecule has 0 bridgehead atoms. The van der Waals surface area contributed by atoms with Crippen molar-refractivity contribution < 1.29 is 31.5 Å². The summed E-state index contributed by atoms with van der Waals surface area (Å²) in [5, 5.41) is 8.98. The van der Waals surface area contributed by atoms with E-state index in [1.165, 1.54) is 42.5 Å². The Bertz CT molecular complexity index is 1200. The Kier molecular flexibility index (Phi) is 5.72. The van der Waals surface area contributed by atoms with Gasteiger partial charge < -0.3 is 5.11 Å². The van der Waals surface area contributed by atoms with Crippen molar-refractivity contribution in [3.05, 3.63) is 83.4 Å². The molecule has 156 valence electrons. The highest BCUT2D eigenvalue weighted by Crippen LogP contribution is 2.32. The molecule has 0 aliphatic rings. The Morgan fingerprint density at radius 3 is 2.17 bits per heavy atom. The van der Waals surface area contributed by atoms with Crippen LogP contribution in [0.2, 0.25) is 0 Å². The van der Waals surface area contributed by atoms with Gasteiger partial charge in [0.25, 0.3) is 0 Å². The van der Waals surface area contributed by atoms with E-state index in [9.17, 15) is 26.4 Å². The number of aryl methyl sites for hydroxylation is 1. The summed E-state index contributed by atoms with van der Waals surface area (Å²) in [4.78, 5) is 10.9. The zero-order valence-electron chi connectivity index (χ0n) is 15.8. The second-order valence-electron chi connectivity index (χ2n) is 6.83. The molecule has 8 heteroatoms. The van der Waals surface area contributed by atoms with E-state index in [4.69, 9.17) is 5.11 Å². The molecule has 0 unspecified atom stereocenters. The van der Waals surface area contributed by atoms with Crippen molar-refractivity contribution in [1.29, 1.82) is 0 Å². The van der Waals surface area contributed by atoms with Gasteiger partial charge in [-0.1, -0.05) is 30.3 Å². The van der Waals surface area contributed by atoms with E-state index in [2.05, 4.69) is 0 Å². The van der Waals surface area contributed by atoms with Crippen molar-refractivity contribution in [3.63, 3.8) is 0 Å². The fourth-order valence-electron chi connectivity index (χ4n) is 3.09. The molecule has 0 spiro atoms. The fourth-order valence-corrected chi connectivity index (χ4v) is 4.55. The third kappa shape index (κ3) is 4.71. The van der Waals surface area contributed by atoms with Gasteiger partial charge in [-0.3, -0.25) is 4.79 Å². The number of rotatable bonds is 5. The van der Waals surface area contributed by atoms with Gasteiger partial charge in [-0.25, -0.2) is 8.42 Å². The van der Waals surface area contributed by atoms with Crippen LogP contribution < -0.4 is 0 Å². The van der Waals surface area contributed by atoms with E-state index >= 15 is 0 Å². The SMILES string of the molecule is Cc1cc(CC(=O)O)cc(S(=O)(=O)c2cccc(-c3ccc(C(F)(F)F)cc3)c2)c1. The molecular formula is C22H17F3O4S. The topological polar surface area (TPSA) is 71.4 Å². The smallest absolute Gasteiger partial charge is 0.416 e. The van der Waals surface area contributed by atoms with Gasteiger partial charge in [-0.15, -0.1) is 0 Å². The predicted octanol–water partition coefficient (Wildman–Crippen LogP) is 5.14. The number of hydrogen-bond donors (Lipinski definition) is 1. The number of benzene rings is 3. The van der Waals surface area contributed by atoms with Crippen LogP contribution in [-0.4, -0.2) is 19.5 Å².